The zero-order valence-corrected chi connectivity index (χ0v) is 25.5. The van der Waals surface area contributed by atoms with E-state index in [0.717, 1.165) is 19.2 Å². The van der Waals surface area contributed by atoms with Crippen LogP contribution in [0.1, 0.15) is 44.9 Å². The molecule has 2 fully saturated rings. The van der Waals surface area contributed by atoms with E-state index in [2.05, 4.69) is 11.8 Å². The van der Waals surface area contributed by atoms with Crippen molar-refractivity contribution in [2.24, 2.45) is 0 Å². The number of aliphatic hydroxyl groups excluding tert-OH is 4. The van der Waals surface area contributed by atoms with Crippen LogP contribution in [-0.2, 0) is 47.6 Å². The van der Waals surface area contributed by atoms with Gasteiger partial charge in [-0.1, -0.05) is 30.0 Å². The minimum Gasteiger partial charge on any atom is -0.463 e. The summed E-state index contributed by atoms with van der Waals surface area (Å²) in [4.78, 5) is 47.9. The summed E-state index contributed by atoms with van der Waals surface area (Å²) < 4.78 is 33.4. The second-order valence-corrected chi connectivity index (χ2v) is 11.0. The van der Waals surface area contributed by atoms with Gasteiger partial charge in [0.05, 0.1) is 6.61 Å². The van der Waals surface area contributed by atoms with Crippen molar-refractivity contribution in [1.29, 1.82) is 0 Å². The molecule has 0 amide bonds. The summed E-state index contributed by atoms with van der Waals surface area (Å²) in [6.45, 7) is 3.74. The van der Waals surface area contributed by atoms with Crippen molar-refractivity contribution in [2.75, 3.05) is 13.2 Å². The van der Waals surface area contributed by atoms with Crippen LogP contribution in [0.25, 0.3) is 10.8 Å². The molecule has 2 aromatic carbocycles. The summed E-state index contributed by atoms with van der Waals surface area (Å²) in [6, 6.07) is 10.4. The summed E-state index contributed by atoms with van der Waals surface area (Å²) in [7, 11) is 0. The highest BCUT2D eigenvalue weighted by Gasteiger charge is 2.52. The average molecular weight is 645 g/mol. The summed E-state index contributed by atoms with van der Waals surface area (Å²) >= 11 is 0. The molecule has 0 aliphatic carbocycles. The van der Waals surface area contributed by atoms with Crippen molar-refractivity contribution >= 4 is 34.6 Å². The average Bonchev–Trinajstić information content (AvgIpc) is 2.99. The molecular formula is C32H36O14. The summed E-state index contributed by atoms with van der Waals surface area (Å²) in [5.74, 6) is 2.81. The molecule has 2 aliphatic heterocycles. The Hall–Kier alpha value is -4.10. The van der Waals surface area contributed by atoms with Crippen molar-refractivity contribution < 1.29 is 68.0 Å². The van der Waals surface area contributed by atoms with Gasteiger partial charge in [0, 0.05) is 33.3 Å². The number of ether oxygens (including phenoxy) is 6. The van der Waals surface area contributed by atoms with Gasteiger partial charge in [0.1, 0.15) is 49.3 Å². The van der Waals surface area contributed by atoms with E-state index in [9.17, 15) is 39.6 Å². The Bertz CT molecular complexity index is 1510. The molecule has 2 heterocycles. The van der Waals surface area contributed by atoms with E-state index in [4.69, 9.17) is 28.4 Å². The molecule has 10 atom stereocenters. The monoisotopic (exact) mass is 644 g/mol. The Morgan fingerprint density at radius 1 is 0.717 bits per heavy atom. The molecule has 0 spiro atoms. The molecule has 2 saturated heterocycles. The van der Waals surface area contributed by atoms with Crippen molar-refractivity contribution in [3.05, 3.63) is 47.5 Å². The zero-order chi connectivity index (χ0) is 33.7. The summed E-state index contributed by atoms with van der Waals surface area (Å²) in [5, 5.41) is 41.1. The first-order chi connectivity index (χ1) is 21.8. The quantitative estimate of drug-likeness (QED) is 0.176. The lowest BCUT2D eigenvalue weighted by atomic mass is 9.89. The van der Waals surface area contributed by atoms with Gasteiger partial charge in [-0.15, -0.1) is 0 Å². The van der Waals surface area contributed by atoms with Gasteiger partial charge in [0.2, 0.25) is 0 Å². The molecule has 0 bridgehead atoms. The number of carbonyl (C=O) groups excluding carboxylic acids is 4. The molecule has 2 aromatic rings. The second-order valence-electron chi connectivity index (χ2n) is 11.0. The van der Waals surface area contributed by atoms with Crippen LogP contribution in [0.2, 0.25) is 0 Å². The van der Waals surface area contributed by atoms with Crippen LogP contribution < -0.4 is 0 Å². The Morgan fingerprint density at radius 2 is 1.33 bits per heavy atom. The molecule has 248 valence electrons. The molecule has 14 nitrogen and oxygen atoms in total. The fourth-order valence-electron chi connectivity index (χ4n) is 5.39. The van der Waals surface area contributed by atoms with E-state index in [1.165, 1.54) is 13.8 Å². The summed E-state index contributed by atoms with van der Waals surface area (Å²) in [6.07, 6.45) is -12.7. The number of hydrogen-bond donors (Lipinski definition) is 4. The third-order valence-corrected chi connectivity index (χ3v) is 7.43. The highest BCUT2D eigenvalue weighted by molar-refractivity contribution is 5.84. The molecule has 14 heteroatoms. The zero-order valence-electron chi connectivity index (χ0n) is 25.5. The number of benzene rings is 2. The van der Waals surface area contributed by atoms with Gasteiger partial charge in [-0.2, -0.15) is 0 Å². The first-order valence-electron chi connectivity index (χ1n) is 14.4. The predicted molar refractivity (Wildman–Crippen MR) is 156 cm³/mol. The SMILES string of the molecule is CC(=O)OC[C@H]1O[C@H](c2ccc3cc(C#C[C@H]4O[C@H](CO)[C@@H](O)[C@H](O)[C@@H]4O)ccc3c2)[C@@H](OC(C)=O)[C@@H](OC(C)=O)[C@@H]1OC(C)=O. The van der Waals surface area contributed by atoms with Crippen LogP contribution in [0.15, 0.2) is 36.4 Å². The van der Waals surface area contributed by atoms with Crippen LogP contribution in [0, 0.1) is 11.8 Å². The van der Waals surface area contributed by atoms with E-state index < -0.39 is 91.5 Å². The molecule has 0 saturated carbocycles. The lowest BCUT2D eigenvalue weighted by molar-refractivity contribution is -0.254. The smallest absolute Gasteiger partial charge is 0.303 e. The molecule has 4 N–H and O–H groups in total. The Kier molecular flexibility index (Phi) is 11.3. The lowest BCUT2D eigenvalue weighted by Gasteiger charge is -2.44. The van der Waals surface area contributed by atoms with Crippen LogP contribution in [0.5, 0.6) is 0 Å². The van der Waals surface area contributed by atoms with Crippen molar-refractivity contribution in [3.8, 4) is 11.8 Å². The van der Waals surface area contributed by atoms with E-state index >= 15 is 0 Å². The molecular weight excluding hydrogens is 608 g/mol. The van der Waals surface area contributed by atoms with Gasteiger partial charge in [0.15, 0.2) is 18.3 Å². The maximum atomic E-state index is 12.2. The van der Waals surface area contributed by atoms with Gasteiger partial charge < -0.3 is 48.8 Å². The van der Waals surface area contributed by atoms with Gasteiger partial charge >= 0.3 is 23.9 Å². The van der Waals surface area contributed by atoms with Crippen LogP contribution in [0.4, 0.5) is 0 Å². The predicted octanol–water partition coefficient (Wildman–Crippen LogP) is -0.168. The maximum Gasteiger partial charge on any atom is 0.303 e. The van der Waals surface area contributed by atoms with Gasteiger partial charge in [0.25, 0.3) is 0 Å². The molecule has 0 aromatic heterocycles. The Morgan fingerprint density at radius 3 is 1.96 bits per heavy atom. The van der Waals surface area contributed by atoms with Gasteiger partial charge in [-0.3, -0.25) is 19.2 Å². The third-order valence-electron chi connectivity index (χ3n) is 7.43. The van der Waals surface area contributed by atoms with E-state index in [1.54, 1.807) is 36.4 Å². The molecule has 4 rings (SSSR count). The maximum absolute atomic E-state index is 12.2. The van der Waals surface area contributed by atoms with Crippen LogP contribution in [0.3, 0.4) is 0 Å². The fourth-order valence-corrected chi connectivity index (χ4v) is 5.39. The topological polar surface area (TPSA) is 205 Å². The van der Waals surface area contributed by atoms with Crippen molar-refractivity contribution in [2.45, 2.75) is 88.7 Å². The van der Waals surface area contributed by atoms with E-state index in [1.807, 2.05) is 0 Å². The van der Waals surface area contributed by atoms with E-state index in [-0.39, 0.29) is 6.61 Å². The third kappa shape index (κ3) is 8.18. The molecule has 46 heavy (non-hydrogen) atoms. The number of esters is 4. The minimum atomic E-state index is -1.54. The Balaban J connectivity index is 1.67. The number of rotatable bonds is 7. The fraction of sp³-hybridized carbons (Fsp3) is 0.500. The van der Waals surface area contributed by atoms with Gasteiger partial charge in [-0.25, -0.2) is 0 Å². The van der Waals surface area contributed by atoms with Crippen LogP contribution >= 0.6 is 0 Å². The standard InChI is InChI=1S/C32H36O14/c1-15(34)41-14-25-30(42-16(2)35)32(44-18(4)37)31(43-17(3)36)29(46-25)22-9-8-20-11-19(5-7-21(20)12-22)6-10-23-26(38)28(40)27(39)24(13-33)45-23/h5,7-9,11-12,23-33,38-40H,13-14H2,1-4H3/t23-,24-,25-,26-,27-,28-,29-,30-,31-,32+/m1/s1. The second kappa shape index (κ2) is 15.0. The number of hydrogen-bond acceptors (Lipinski definition) is 14. The highest BCUT2D eigenvalue weighted by atomic mass is 16.7. The van der Waals surface area contributed by atoms with Crippen molar-refractivity contribution in [3.63, 3.8) is 0 Å². The largest absolute Gasteiger partial charge is 0.463 e. The van der Waals surface area contributed by atoms with Crippen LogP contribution in [-0.4, -0.2) is 112 Å². The lowest BCUT2D eigenvalue weighted by Crippen LogP contribution is -2.59. The van der Waals surface area contributed by atoms with Crippen molar-refractivity contribution in [1.82, 2.24) is 0 Å². The Labute approximate surface area is 264 Å². The molecule has 2 aliphatic rings. The molecule has 0 unspecified atom stereocenters. The first-order valence-corrected chi connectivity index (χ1v) is 14.4. The summed E-state index contributed by atoms with van der Waals surface area (Å²) in [5.41, 5.74) is 1.04. The first kappa shape index (κ1) is 34.8. The minimum absolute atomic E-state index is 0.349. The highest BCUT2D eigenvalue weighted by Crippen LogP contribution is 2.38. The number of fused-ring (bicyclic) bond motifs is 1. The number of aliphatic hydroxyl groups is 4. The van der Waals surface area contributed by atoms with Gasteiger partial charge in [-0.05, 0) is 34.5 Å². The molecule has 0 radical (unpaired) electrons. The normalized spacial score (nSPS) is 30.8. The van der Waals surface area contributed by atoms with E-state index in [0.29, 0.717) is 16.5 Å². The number of carbonyl (C=O) groups is 4.